The largest absolute Gasteiger partial charge is 0.490 e. The predicted molar refractivity (Wildman–Crippen MR) is 125 cm³/mol. The molecule has 1 aliphatic rings. The van der Waals surface area contributed by atoms with E-state index < -0.39 is 10.0 Å². The van der Waals surface area contributed by atoms with Gasteiger partial charge in [-0.3, -0.25) is 0 Å². The first kappa shape index (κ1) is 23.9. The summed E-state index contributed by atoms with van der Waals surface area (Å²) in [4.78, 5) is 4.54. The molecule has 0 spiro atoms. The molecule has 0 unspecified atom stereocenters. The Morgan fingerprint density at radius 2 is 2.15 bits per heavy atom. The number of benzene rings is 2. The van der Waals surface area contributed by atoms with Crippen LogP contribution in [0.1, 0.15) is 49.4 Å². The van der Waals surface area contributed by atoms with Crippen molar-refractivity contribution in [1.82, 2.24) is 14.9 Å². The number of hydrogen-bond donors (Lipinski definition) is 2. The van der Waals surface area contributed by atoms with Gasteiger partial charge >= 0.3 is 0 Å². The van der Waals surface area contributed by atoms with Gasteiger partial charge in [0.15, 0.2) is 0 Å². The van der Waals surface area contributed by atoms with E-state index in [0.717, 1.165) is 16.7 Å². The highest BCUT2D eigenvalue weighted by molar-refractivity contribution is 7.89. The van der Waals surface area contributed by atoms with Gasteiger partial charge in [-0.05, 0) is 62.4 Å². The van der Waals surface area contributed by atoms with E-state index in [1.54, 1.807) is 18.2 Å². The molecular weight excluding hydrogens is 456 g/mol. The summed E-state index contributed by atoms with van der Waals surface area (Å²) >= 11 is 0. The maximum Gasteiger partial charge on any atom is 0.258 e. The van der Waals surface area contributed by atoms with E-state index in [0.29, 0.717) is 35.5 Å². The molecule has 4 rings (SSSR count). The number of ether oxygens (including phenoxy) is 1. The molecule has 10 heteroatoms. The van der Waals surface area contributed by atoms with E-state index in [9.17, 15) is 13.7 Å². The van der Waals surface area contributed by atoms with E-state index in [4.69, 9.17) is 14.4 Å². The molecule has 0 radical (unpaired) electrons. The number of fused-ring (bicyclic) bond motifs is 1. The Kier molecular flexibility index (Phi) is 6.97. The van der Waals surface area contributed by atoms with E-state index in [1.165, 1.54) is 0 Å². The quantitative estimate of drug-likeness (QED) is 0.473. The fourth-order valence-electron chi connectivity index (χ4n) is 4.07. The van der Waals surface area contributed by atoms with Crippen molar-refractivity contribution < 1.29 is 22.8 Å². The molecule has 0 bridgehead atoms. The zero-order chi connectivity index (χ0) is 24.3. The first-order valence-electron chi connectivity index (χ1n) is 11.1. The third-order valence-electron chi connectivity index (χ3n) is 5.54. The second kappa shape index (κ2) is 9.93. The van der Waals surface area contributed by atoms with Crippen molar-refractivity contribution in [1.29, 1.82) is 5.26 Å². The summed E-state index contributed by atoms with van der Waals surface area (Å²) in [7, 11) is -3.49. The first-order chi connectivity index (χ1) is 16.3. The number of nitrogens with one attached hydrogen (secondary N) is 1. The lowest BCUT2D eigenvalue weighted by atomic mass is 10.0. The number of aromatic nitrogens is 2. The molecule has 2 aromatic carbocycles. The number of rotatable bonds is 9. The number of sulfonamides is 1. The molecule has 178 valence electrons. The molecule has 34 heavy (non-hydrogen) atoms. The lowest BCUT2D eigenvalue weighted by Crippen LogP contribution is -2.29. The molecule has 0 aliphatic heterocycles. The number of hydrogen-bond acceptors (Lipinski definition) is 8. The van der Waals surface area contributed by atoms with Crippen molar-refractivity contribution in [3.63, 3.8) is 0 Å². The van der Waals surface area contributed by atoms with Crippen LogP contribution in [0.5, 0.6) is 5.75 Å². The summed E-state index contributed by atoms with van der Waals surface area (Å²) in [5, 5.41) is 22.6. The molecule has 2 N–H and O–H groups in total. The van der Waals surface area contributed by atoms with Gasteiger partial charge in [-0.2, -0.15) is 10.2 Å². The average Bonchev–Trinajstić information content (AvgIpc) is 3.45. The maximum absolute atomic E-state index is 12.3. The molecule has 3 aromatic rings. The lowest BCUT2D eigenvalue weighted by molar-refractivity contribution is 0.241. The Bertz CT molecular complexity index is 1330. The highest BCUT2D eigenvalue weighted by Crippen LogP contribution is 2.38. The van der Waals surface area contributed by atoms with E-state index in [2.05, 4.69) is 20.9 Å². The average molecular weight is 483 g/mol. The van der Waals surface area contributed by atoms with E-state index in [1.807, 2.05) is 32.0 Å². The zero-order valence-electron chi connectivity index (χ0n) is 19.0. The minimum atomic E-state index is -3.49. The number of nitriles is 1. The van der Waals surface area contributed by atoms with Crippen LogP contribution in [0.15, 0.2) is 40.9 Å². The van der Waals surface area contributed by atoms with Crippen molar-refractivity contribution in [2.75, 3.05) is 12.4 Å². The van der Waals surface area contributed by atoms with Gasteiger partial charge in [0.05, 0.1) is 17.4 Å². The summed E-state index contributed by atoms with van der Waals surface area (Å²) in [6.45, 7) is 3.61. The SMILES string of the molecule is CC(C)Oc1ccc(-c2nc(-c3cccc4c3CC[C@H]4NS(=O)(=O)CCCO)no2)cc1C#N. The summed E-state index contributed by atoms with van der Waals surface area (Å²) < 4.78 is 38.5. The first-order valence-corrected chi connectivity index (χ1v) is 12.7. The van der Waals surface area contributed by atoms with Gasteiger partial charge in [-0.25, -0.2) is 13.1 Å². The molecule has 1 heterocycles. The van der Waals surface area contributed by atoms with Crippen LogP contribution >= 0.6 is 0 Å². The lowest BCUT2D eigenvalue weighted by Gasteiger charge is -2.14. The van der Waals surface area contributed by atoms with Crippen LogP contribution in [0.4, 0.5) is 0 Å². The number of aliphatic hydroxyl groups excluding tert-OH is 1. The summed E-state index contributed by atoms with van der Waals surface area (Å²) in [5.41, 5.74) is 3.63. The highest BCUT2D eigenvalue weighted by Gasteiger charge is 2.29. The monoisotopic (exact) mass is 482 g/mol. The third-order valence-corrected chi connectivity index (χ3v) is 7.01. The van der Waals surface area contributed by atoms with Gasteiger partial charge in [0.25, 0.3) is 5.89 Å². The fourth-order valence-corrected chi connectivity index (χ4v) is 5.38. The highest BCUT2D eigenvalue weighted by atomic mass is 32.2. The second-order valence-corrected chi connectivity index (χ2v) is 10.3. The van der Waals surface area contributed by atoms with Crippen molar-refractivity contribution in [3.05, 3.63) is 53.1 Å². The van der Waals surface area contributed by atoms with Crippen LogP contribution < -0.4 is 9.46 Å². The van der Waals surface area contributed by atoms with Crippen molar-refractivity contribution in [3.8, 4) is 34.7 Å². The molecule has 0 amide bonds. The topological polar surface area (TPSA) is 138 Å². The van der Waals surface area contributed by atoms with Gasteiger partial charge in [-0.1, -0.05) is 23.4 Å². The molecule has 0 saturated heterocycles. The molecule has 9 nitrogen and oxygen atoms in total. The van der Waals surface area contributed by atoms with Crippen molar-refractivity contribution in [2.24, 2.45) is 0 Å². The van der Waals surface area contributed by atoms with E-state index in [-0.39, 0.29) is 36.8 Å². The summed E-state index contributed by atoms with van der Waals surface area (Å²) in [6, 6.07) is 12.6. The predicted octanol–water partition coefficient (Wildman–Crippen LogP) is 3.35. The summed E-state index contributed by atoms with van der Waals surface area (Å²) in [5.74, 6) is 1.06. The zero-order valence-corrected chi connectivity index (χ0v) is 19.8. The van der Waals surface area contributed by atoms with Crippen LogP contribution in [-0.2, 0) is 16.4 Å². The Hall–Kier alpha value is -3.26. The Labute approximate surface area is 198 Å². The van der Waals surface area contributed by atoms with Crippen molar-refractivity contribution in [2.45, 2.75) is 45.3 Å². The minimum Gasteiger partial charge on any atom is -0.490 e. The Balaban J connectivity index is 1.60. The molecule has 1 aliphatic carbocycles. The fraction of sp³-hybridized carbons (Fsp3) is 0.375. The third kappa shape index (κ3) is 5.12. The van der Waals surface area contributed by atoms with Crippen LogP contribution in [0, 0.1) is 11.3 Å². The normalized spacial score (nSPS) is 15.3. The van der Waals surface area contributed by atoms with Gasteiger partial charge in [0.2, 0.25) is 15.8 Å². The number of aliphatic hydroxyl groups is 1. The second-order valence-electron chi connectivity index (χ2n) is 8.39. The van der Waals surface area contributed by atoms with Gasteiger partial charge in [-0.15, -0.1) is 0 Å². The maximum atomic E-state index is 12.3. The number of nitrogens with zero attached hydrogens (tertiary/aromatic N) is 3. The molecule has 0 fully saturated rings. The summed E-state index contributed by atoms with van der Waals surface area (Å²) in [6.07, 6.45) is 1.43. The van der Waals surface area contributed by atoms with Gasteiger partial charge in [0.1, 0.15) is 11.8 Å². The van der Waals surface area contributed by atoms with Crippen molar-refractivity contribution >= 4 is 10.0 Å². The van der Waals surface area contributed by atoms with E-state index >= 15 is 0 Å². The van der Waals surface area contributed by atoms with Gasteiger partial charge in [0, 0.05) is 23.8 Å². The smallest absolute Gasteiger partial charge is 0.258 e. The van der Waals surface area contributed by atoms with Crippen LogP contribution in [0.3, 0.4) is 0 Å². The molecule has 1 atom stereocenters. The molecule has 1 aromatic heterocycles. The Morgan fingerprint density at radius 1 is 1.32 bits per heavy atom. The van der Waals surface area contributed by atoms with Gasteiger partial charge < -0.3 is 14.4 Å². The van der Waals surface area contributed by atoms with Crippen LogP contribution in [0.25, 0.3) is 22.8 Å². The minimum absolute atomic E-state index is 0.0592. The standard InChI is InChI=1S/C24H26N4O5S/c1-15(2)32-22-10-7-16(13-17(22)14-25)24-26-23(27-33-24)20-6-3-5-19-18(20)8-9-21(19)28-34(30,31)12-4-11-29/h3,5-7,10,13,15,21,28-29H,4,8-9,11-12H2,1-2H3/t21-/m1/s1. The molecule has 0 saturated carbocycles. The molecular formula is C24H26N4O5S. The Morgan fingerprint density at radius 3 is 2.88 bits per heavy atom. The van der Waals surface area contributed by atoms with Crippen LogP contribution in [0.2, 0.25) is 0 Å². The van der Waals surface area contributed by atoms with Crippen LogP contribution in [-0.4, -0.2) is 42.1 Å².